The zero-order valence-electron chi connectivity index (χ0n) is 10.0. The lowest BCUT2D eigenvalue weighted by Gasteiger charge is -2.31. The summed E-state index contributed by atoms with van der Waals surface area (Å²) in [5, 5.41) is 0. The molecule has 1 aliphatic rings. The van der Waals surface area contributed by atoms with E-state index in [-0.39, 0.29) is 4.75 Å². The maximum Gasteiger partial charge on any atom is 0.1000 e. The molecule has 0 aromatic rings. The fourth-order valence-electron chi connectivity index (χ4n) is 1.99. The molecule has 2 nitrogen and oxygen atoms in total. The standard InChI is InChI=1S/C11H23NOS/c1-9(2)10-7-6-8-12(10)14(13)11(3,4)5/h9-10H,6-8H2,1-5H3/t10-,14?/m1/s1. The summed E-state index contributed by atoms with van der Waals surface area (Å²) in [4.78, 5) is 0. The van der Waals surface area contributed by atoms with Crippen molar-refractivity contribution in [2.75, 3.05) is 6.54 Å². The first-order chi connectivity index (χ1) is 6.34. The van der Waals surface area contributed by atoms with Crippen LogP contribution in [0.5, 0.6) is 0 Å². The molecule has 0 amide bonds. The van der Waals surface area contributed by atoms with E-state index in [1.165, 1.54) is 12.8 Å². The molecule has 1 heterocycles. The van der Waals surface area contributed by atoms with E-state index < -0.39 is 11.0 Å². The first-order valence-corrected chi connectivity index (χ1v) is 6.63. The molecule has 0 N–H and O–H groups in total. The van der Waals surface area contributed by atoms with Crippen LogP contribution in [0.1, 0.15) is 47.5 Å². The monoisotopic (exact) mass is 217 g/mol. The highest BCUT2D eigenvalue weighted by atomic mass is 32.2. The minimum atomic E-state index is -0.830. The topological polar surface area (TPSA) is 20.3 Å². The first kappa shape index (κ1) is 12.2. The van der Waals surface area contributed by atoms with Crippen LogP contribution in [-0.4, -0.2) is 25.8 Å². The third kappa shape index (κ3) is 2.57. The van der Waals surface area contributed by atoms with Crippen LogP contribution in [-0.2, 0) is 11.0 Å². The van der Waals surface area contributed by atoms with Crippen LogP contribution in [0.15, 0.2) is 0 Å². The normalized spacial score (nSPS) is 27.1. The van der Waals surface area contributed by atoms with Gasteiger partial charge in [-0.25, -0.2) is 8.51 Å². The smallest absolute Gasteiger partial charge is 0.1000 e. The second kappa shape index (κ2) is 4.31. The predicted octanol–water partition coefficient (Wildman–Crippen LogP) is 2.57. The molecule has 0 bridgehead atoms. The van der Waals surface area contributed by atoms with Crippen LogP contribution in [0.2, 0.25) is 0 Å². The van der Waals surface area contributed by atoms with Crippen LogP contribution >= 0.6 is 0 Å². The average Bonchev–Trinajstić information content (AvgIpc) is 2.48. The summed E-state index contributed by atoms with van der Waals surface area (Å²) >= 11 is 0. The lowest BCUT2D eigenvalue weighted by atomic mass is 10.0. The summed E-state index contributed by atoms with van der Waals surface area (Å²) in [6.45, 7) is 11.6. The van der Waals surface area contributed by atoms with Gasteiger partial charge in [-0.15, -0.1) is 0 Å². The Morgan fingerprint density at radius 1 is 1.36 bits per heavy atom. The highest BCUT2D eigenvalue weighted by molar-refractivity contribution is 7.84. The van der Waals surface area contributed by atoms with Crippen molar-refractivity contribution in [2.45, 2.75) is 58.2 Å². The van der Waals surface area contributed by atoms with Gasteiger partial charge in [0.05, 0.1) is 15.7 Å². The molecule has 0 radical (unpaired) electrons. The lowest BCUT2D eigenvalue weighted by molar-refractivity contribution is 0.325. The average molecular weight is 217 g/mol. The van der Waals surface area contributed by atoms with Gasteiger partial charge in [0.15, 0.2) is 0 Å². The lowest BCUT2D eigenvalue weighted by Crippen LogP contribution is -2.42. The summed E-state index contributed by atoms with van der Waals surface area (Å²) in [6, 6.07) is 0.523. The van der Waals surface area contributed by atoms with Crippen molar-refractivity contribution in [2.24, 2.45) is 5.92 Å². The zero-order chi connectivity index (χ0) is 10.9. The van der Waals surface area contributed by atoms with E-state index in [2.05, 4.69) is 38.9 Å². The molecule has 1 saturated heterocycles. The minimum Gasteiger partial charge on any atom is -0.242 e. The van der Waals surface area contributed by atoms with Crippen LogP contribution in [0.25, 0.3) is 0 Å². The number of hydrogen-bond donors (Lipinski definition) is 0. The van der Waals surface area contributed by atoms with Gasteiger partial charge in [0.1, 0.15) is 0 Å². The van der Waals surface area contributed by atoms with Crippen LogP contribution < -0.4 is 0 Å². The zero-order valence-corrected chi connectivity index (χ0v) is 10.9. The molecule has 1 unspecified atom stereocenters. The van der Waals surface area contributed by atoms with Crippen molar-refractivity contribution >= 4 is 11.0 Å². The minimum absolute atomic E-state index is 0.114. The van der Waals surface area contributed by atoms with Crippen LogP contribution in [0.3, 0.4) is 0 Å². The molecule has 2 atom stereocenters. The van der Waals surface area contributed by atoms with Gasteiger partial charge >= 0.3 is 0 Å². The van der Waals surface area contributed by atoms with E-state index in [0.29, 0.717) is 12.0 Å². The van der Waals surface area contributed by atoms with E-state index in [4.69, 9.17) is 0 Å². The fourth-order valence-corrected chi connectivity index (χ4v) is 3.58. The van der Waals surface area contributed by atoms with E-state index in [0.717, 1.165) is 6.54 Å². The van der Waals surface area contributed by atoms with Gasteiger partial charge in [-0.1, -0.05) is 13.8 Å². The maximum absolute atomic E-state index is 12.2. The summed E-state index contributed by atoms with van der Waals surface area (Å²) in [5.41, 5.74) is 0. The van der Waals surface area contributed by atoms with Crippen LogP contribution in [0.4, 0.5) is 0 Å². The van der Waals surface area contributed by atoms with E-state index >= 15 is 0 Å². The molecule has 0 saturated carbocycles. The van der Waals surface area contributed by atoms with Crippen molar-refractivity contribution in [1.29, 1.82) is 0 Å². The Labute approximate surface area is 90.7 Å². The molecule has 0 aromatic carbocycles. The molecule has 0 aliphatic carbocycles. The maximum atomic E-state index is 12.2. The molecule has 1 fully saturated rings. The van der Waals surface area contributed by atoms with Crippen molar-refractivity contribution in [1.82, 2.24) is 4.31 Å². The molecule has 3 heteroatoms. The molecule has 84 valence electrons. The van der Waals surface area contributed by atoms with Gasteiger partial charge in [0.2, 0.25) is 0 Å². The second-order valence-electron chi connectivity index (χ2n) is 5.46. The number of nitrogens with zero attached hydrogens (tertiary/aromatic N) is 1. The van der Waals surface area contributed by atoms with Crippen molar-refractivity contribution in [3.05, 3.63) is 0 Å². The second-order valence-corrected chi connectivity index (χ2v) is 7.65. The Bertz CT molecular complexity index is 220. The highest BCUT2D eigenvalue weighted by Crippen LogP contribution is 2.29. The van der Waals surface area contributed by atoms with Crippen molar-refractivity contribution < 1.29 is 4.21 Å². The molecule has 0 aromatic heterocycles. The van der Waals surface area contributed by atoms with Gasteiger partial charge in [-0.3, -0.25) is 0 Å². The summed E-state index contributed by atoms with van der Waals surface area (Å²) < 4.78 is 14.3. The number of rotatable bonds is 2. The Kier molecular flexibility index (Phi) is 3.75. The summed E-state index contributed by atoms with van der Waals surface area (Å²) in [5.74, 6) is 0.615. The molecular weight excluding hydrogens is 194 g/mol. The van der Waals surface area contributed by atoms with Gasteiger partial charge in [-0.2, -0.15) is 0 Å². The van der Waals surface area contributed by atoms with E-state index in [1.807, 2.05) is 0 Å². The van der Waals surface area contributed by atoms with Crippen molar-refractivity contribution in [3.63, 3.8) is 0 Å². The largest absolute Gasteiger partial charge is 0.242 e. The highest BCUT2D eigenvalue weighted by Gasteiger charge is 2.35. The third-order valence-electron chi connectivity index (χ3n) is 2.75. The Hall–Kier alpha value is 0.110. The summed E-state index contributed by atoms with van der Waals surface area (Å²) in [7, 11) is -0.830. The fraction of sp³-hybridized carbons (Fsp3) is 1.00. The van der Waals surface area contributed by atoms with E-state index in [1.54, 1.807) is 0 Å². The molecule has 0 spiro atoms. The van der Waals surface area contributed by atoms with E-state index in [9.17, 15) is 4.21 Å². The molecule has 1 aliphatic heterocycles. The van der Waals surface area contributed by atoms with Gasteiger partial charge in [-0.05, 0) is 39.5 Å². The Morgan fingerprint density at radius 2 is 1.93 bits per heavy atom. The molecule has 14 heavy (non-hydrogen) atoms. The SMILES string of the molecule is CC(C)[C@H]1CCCN1S(=O)C(C)(C)C. The molecular formula is C11H23NOS. The Balaban J connectivity index is 2.72. The quantitative estimate of drug-likeness (QED) is 0.696. The van der Waals surface area contributed by atoms with Crippen LogP contribution in [0, 0.1) is 5.92 Å². The van der Waals surface area contributed by atoms with Gasteiger partial charge in [0.25, 0.3) is 0 Å². The molecule has 1 rings (SSSR count). The number of hydrogen-bond acceptors (Lipinski definition) is 1. The van der Waals surface area contributed by atoms with Gasteiger partial charge in [0, 0.05) is 12.6 Å². The Morgan fingerprint density at radius 3 is 2.36 bits per heavy atom. The first-order valence-electron chi connectivity index (χ1n) is 5.52. The predicted molar refractivity (Wildman–Crippen MR) is 62.5 cm³/mol. The summed E-state index contributed by atoms with van der Waals surface area (Å²) in [6.07, 6.45) is 2.41. The third-order valence-corrected chi connectivity index (χ3v) is 4.68. The van der Waals surface area contributed by atoms with Gasteiger partial charge < -0.3 is 0 Å². The van der Waals surface area contributed by atoms with Crippen molar-refractivity contribution in [3.8, 4) is 0 Å².